The molecule has 1 N–H and O–H groups in total. The lowest BCUT2D eigenvalue weighted by atomic mass is 10.3. The van der Waals surface area contributed by atoms with Gasteiger partial charge in [-0.15, -0.1) is 6.42 Å². The van der Waals surface area contributed by atoms with Crippen LogP contribution in [0.2, 0.25) is 0 Å². The number of nitrogens with zero attached hydrogens (tertiary/aromatic N) is 1. The Balaban J connectivity index is 2.74. The predicted molar refractivity (Wildman–Crippen MR) is 54.3 cm³/mol. The number of H-pyrrole nitrogens is 1. The maximum atomic E-state index is 11.5. The molecule has 1 amide bonds. The van der Waals surface area contributed by atoms with Crippen LogP contribution < -0.4 is 0 Å². The molecule has 0 saturated heterocycles. The van der Waals surface area contributed by atoms with E-state index in [0.29, 0.717) is 12.1 Å². The first-order valence-electron chi connectivity index (χ1n) is 3.68. The van der Waals surface area contributed by atoms with Crippen LogP contribution in [-0.2, 0) is 0 Å². The first kappa shape index (κ1) is 9.87. The number of aromatic amines is 1. The van der Waals surface area contributed by atoms with Crippen molar-refractivity contribution in [3.63, 3.8) is 0 Å². The van der Waals surface area contributed by atoms with Gasteiger partial charge in [0.1, 0.15) is 0 Å². The van der Waals surface area contributed by atoms with Crippen LogP contribution >= 0.6 is 15.9 Å². The van der Waals surface area contributed by atoms with Crippen molar-refractivity contribution in [1.29, 1.82) is 0 Å². The Morgan fingerprint density at radius 2 is 2.54 bits per heavy atom. The van der Waals surface area contributed by atoms with Crippen LogP contribution in [0, 0.1) is 12.3 Å². The van der Waals surface area contributed by atoms with Gasteiger partial charge in [0.25, 0.3) is 5.91 Å². The molecular weight excluding hydrogens is 232 g/mol. The topological polar surface area (TPSA) is 36.1 Å². The summed E-state index contributed by atoms with van der Waals surface area (Å²) in [5.41, 5.74) is 0.602. The molecule has 0 saturated carbocycles. The maximum Gasteiger partial charge on any atom is 0.255 e. The van der Waals surface area contributed by atoms with E-state index in [-0.39, 0.29) is 5.91 Å². The zero-order valence-corrected chi connectivity index (χ0v) is 8.76. The number of hydrogen-bond acceptors (Lipinski definition) is 1. The number of halogens is 1. The summed E-state index contributed by atoms with van der Waals surface area (Å²) in [6.45, 7) is 0.321. The van der Waals surface area contributed by atoms with Crippen molar-refractivity contribution in [2.75, 3.05) is 13.6 Å². The standard InChI is InChI=1S/C9H9BrN2O/c1-3-4-12(2)9(13)7-5-8(10)11-6-7/h1,5-6,11H,4H2,2H3. The predicted octanol–water partition coefficient (Wildman–Crippen LogP) is 1.48. The molecular formula is C9H9BrN2O. The van der Waals surface area contributed by atoms with Gasteiger partial charge in [-0.1, -0.05) is 5.92 Å². The highest BCUT2D eigenvalue weighted by Gasteiger charge is 2.11. The molecule has 0 fully saturated rings. The van der Waals surface area contributed by atoms with Crippen LogP contribution in [0.25, 0.3) is 0 Å². The second-order valence-corrected chi connectivity index (χ2v) is 3.46. The SMILES string of the molecule is C#CCN(C)C(=O)c1c[nH]c(Br)c1. The van der Waals surface area contributed by atoms with E-state index in [2.05, 4.69) is 26.8 Å². The van der Waals surface area contributed by atoms with Crippen molar-refractivity contribution in [2.24, 2.45) is 0 Å². The number of carbonyl (C=O) groups is 1. The Labute approximate surface area is 85.3 Å². The molecule has 0 aliphatic carbocycles. The molecule has 1 aromatic rings. The number of hydrogen-bond donors (Lipinski definition) is 1. The lowest BCUT2D eigenvalue weighted by Gasteiger charge is -2.11. The molecule has 0 aromatic carbocycles. The molecule has 1 aromatic heterocycles. The molecule has 68 valence electrons. The summed E-state index contributed by atoms with van der Waals surface area (Å²) in [6.07, 6.45) is 6.73. The van der Waals surface area contributed by atoms with Crippen LogP contribution in [0.5, 0.6) is 0 Å². The van der Waals surface area contributed by atoms with Gasteiger partial charge in [-0.05, 0) is 22.0 Å². The monoisotopic (exact) mass is 240 g/mol. The van der Waals surface area contributed by atoms with Crippen LogP contribution in [0.1, 0.15) is 10.4 Å². The van der Waals surface area contributed by atoms with E-state index in [1.165, 1.54) is 4.90 Å². The van der Waals surface area contributed by atoms with E-state index >= 15 is 0 Å². The Morgan fingerprint density at radius 3 is 3.00 bits per heavy atom. The van der Waals surface area contributed by atoms with Crippen LogP contribution in [-0.4, -0.2) is 29.4 Å². The third-order valence-electron chi connectivity index (χ3n) is 1.57. The van der Waals surface area contributed by atoms with Crippen LogP contribution in [0.15, 0.2) is 16.9 Å². The fraction of sp³-hybridized carbons (Fsp3) is 0.222. The number of nitrogens with one attached hydrogen (secondary N) is 1. The fourth-order valence-electron chi connectivity index (χ4n) is 0.919. The van der Waals surface area contributed by atoms with Gasteiger partial charge in [0.05, 0.1) is 16.7 Å². The number of amides is 1. The highest BCUT2D eigenvalue weighted by atomic mass is 79.9. The fourth-order valence-corrected chi connectivity index (χ4v) is 1.28. The largest absolute Gasteiger partial charge is 0.355 e. The van der Waals surface area contributed by atoms with Gasteiger partial charge in [-0.25, -0.2) is 0 Å². The van der Waals surface area contributed by atoms with Gasteiger partial charge in [0.15, 0.2) is 0 Å². The van der Waals surface area contributed by atoms with Gasteiger partial charge < -0.3 is 9.88 Å². The molecule has 13 heavy (non-hydrogen) atoms. The molecule has 1 rings (SSSR count). The van der Waals surface area contributed by atoms with Crippen molar-refractivity contribution < 1.29 is 4.79 Å². The summed E-state index contributed by atoms with van der Waals surface area (Å²) in [4.78, 5) is 15.9. The third-order valence-corrected chi connectivity index (χ3v) is 2.03. The van der Waals surface area contributed by atoms with E-state index < -0.39 is 0 Å². The van der Waals surface area contributed by atoms with Gasteiger partial charge in [-0.3, -0.25) is 4.79 Å². The molecule has 0 atom stereocenters. The number of rotatable bonds is 2. The summed E-state index contributed by atoms with van der Waals surface area (Å²) in [6, 6.07) is 1.72. The molecule has 1 heterocycles. The van der Waals surface area contributed by atoms with E-state index in [1.54, 1.807) is 19.3 Å². The summed E-state index contributed by atoms with van der Waals surface area (Å²) in [7, 11) is 1.67. The highest BCUT2D eigenvalue weighted by Crippen LogP contribution is 2.11. The maximum absolute atomic E-state index is 11.5. The molecule has 0 unspecified atom stereocenters. The summed E-state index contributed by atoms with van der Waals surface area (Å²) >= 11 is 3.22. The van der Waals surface area contributed by atoms with Crippen molar-refractivity contribution >= 4 is 21.8 Å². The van der Waals surface area contributed by atoms with Gasteiger partial charge in [0.2, 0.25) is 0 Å². The molecule has 0 bridgehead atoms. The molecule has 0 aliphatic heterocycles. The van der Waals surface area contributed by atoms with Gasteiger partial charge in [-0.2, -0.15) is 0 Å². The minimum absolute atomic E-state index is 0.0834. The number of carbonyl (C=O) groups excluding carboxylic acids is 1. The minimum atomic E-state index is -0.0834. The summed E-state index contributed by atoms with van der Waals surface area (Å²) < 4.78 is 0.782. The van der Waals surface area contributed by atoms with E-state index in [9.17, 15) is 4.79 Å². The summed E-state index contributed by atoms with van der Waals surface area (Å²) in [5.74, 6) is 2.32. The minimum Gasteiger partial charge on any atom is -0.355 e. The second-order valence-electron chi connectivity index (χ2n) is 2.60. The first-order valence-corrected chi connectivity index (χ1v) is 4.47. The first-order chi connectivity index (χ1) is 6.15. The zero-order chi connectivity index (χ0) is 9.84. The van der Waals surface area contributed by atoms with E-state index in [0.717, 1.165) is 4.60 Å². The van der Waals surface area contributed by atoms with Gasteiger partial charge >= 0.3 is 0 Å². The average molecular weight is 241 g/mol. The van der Waals surface area contributed by atoms with Crippen LogP contribution in [0.3, 0.4) is 0 Å². The Kier molecular flexibility index (Phi) is 3.15. The van der Waals surface area contributed by atoms with Crippen molar-refractivity contribution in [3.05, 3.63) is 22.4 Å². The third kappa shape index (κ3) is 2.36. The lowest BCUT2D eigenvalue weighted by molar-refractivity contribution is 0.0813. The highest BCUT2D eigenvalue weighted by molar-refractivity contribution is 9.10. The average Bonchev–Trinajstić information content (AvgIpc) is 2.51. The Morgan fingerprint density at radius 1 is 1.85 bits per heavy atom. The van der Waals surface area contributed by atoms with E-state index in [4.69, 9.17) is 6.42 Å². The number of terminal acetylenes is 1. The smallest absolute Gasteiger partial charge is 0.255 e. The van der Waals surface area contributed by atoms with Crippen molar-refractivity contribution in [1.82, 2.24) is 9.88 Å². The Bertz CT molecular complexity index is 351. The van der Waals surface area contributed by atoms with Gasteiger partial charge in [0, 0.05) is 13.2 Å². The molecule has 0 spiro atoms. The zero-order valence-electron chi connectivity index (χ0n) is 7.17. The van der Waals surface area contributed by atoms with Crippen LogP contribution in [0.4, 0.5) is 0 Å². The summed E-state index contributed by atoms with van der Waals surface area (Å²) in [5, 5.41) is 0. The number of aromatic nitrogens is 1. The van der Waals surface area contributed by atoms with E-state index in [1.807, 2.05) is 0 Å². The van der Waals surface area contributed by atoms with Crippen molar-refractivity contribution in [2.45, 2.75) is 0 Å². The lowest BCUT2D eigenvalue weighted by Crippen LogP contribution is -2.26. The Hall–Kier alpha value is -1.21. The molecule has 4 heteroatoms. The molecule has 3 nitrogen and oxygen atoms in total. The molecule has 0 radical (unpaired) electrons. The quantitative estimate of drug-likeness (QED) is 0.782. The normalized spacial score (nSPS) is 9.31. The van der Waals surface area contributed by atoms with Crippen molar-refractivity contribution in [3.8, 4) is 12.3 Å². The second kappa shape index (κ2) is 4.15. The molecule has 0 aliphatic rings.